The van der Waals surface area contributed by atoms with Crippen LogP contribution in [0, 0.1) is 16.7 Å². The fourth-order valence-electron chi connectivity index (χ4n) is 7.87. The molecule has 0 atom stereocenters. The number of hydrogen-bond donors (Lipinski definition) is 0. The van der Waals surface area contributed by atoms with Crippen LogP contribution in [0.15, 0.2) is 156 Å². The van der Waals surface area contributed by atoms with Gasteiger partial charge in [0.05, 0.1) is 31.5 Å². The SMILES string of the molecule is [2H]c1cc2oc3c(-c4cc(C([2H])([2H])C(C)(C)C)c(C([2H])([2H])C([2H])([2H])c5cc(C([2H])([2H])C([2H])([2H])c6cnc(-c7ccccc7)cc6C([2H])(C)C)cc(C([2H])([2H])C([2H])([2H])c6cnc(-c7ccccc7)cc6C([2H])(C)C)c5)cn4)cccc3c2c([2H])c1C#N. The van der Waals surface area contributed by atoms with Gasteiger partial charge >= 0.3 is 0 Å². The molecular weight excluding hydrogens is 829 g/mol. The van der Waals surface area contributed by atoms with Gasteiger partial charge in [0, 0.05) is 68.0 Å². The Labute approximate surface area is 428 Å². The molecule has 0 radical (unpaired) electrons. The van der Waals surface area contributed by atoms with Crippen molar-refractivity contribution >= 4 is 21.9 Å². The molecule has 0 aliphatic carbocycles. The molecule has 0 amide bonds. The fraction of sp³-hybridized carbons (Fsp3) is 0.270. The molecule has 0 spiro atoms. The number of benzene rings is 5. The van der Waals surface area contributed by atoms with Crippen molar-refractivity contribution in [1.29, 1.82) is 5.26 Å². The summed E-state index contributed by atoms with van der Waals surface area (Å²) in [4.78, 5) is 13.6. The van der Waals surface area contributed by atoms with E-state index in [1.807, 2.05) is 6.07 Å². The zero-order valence-corrected chi connectivity index (χ0v) is 39.0. The molecule has 5 aromatic carbocycles. The molecule has 5 nitrogen and oxygen atoms in total. The molecule has 0 aliphatic heterocycles. The Morgan fingerprint density at radius 1 is 0.588 bits per heavy atom. The van der Waals surface area contributed by atoms with E-state index in [0.717, 1.165) is 36.8 Å². The monoisotopic (exact) mass is 909 g/mol. The Morgan fingerprint density at radius 2 is 1.10 bits per heavy atom. The van der Waals surface area contributed by atoms with Crippen molar-refractivity contribution in [3.05, 3.63) is 208 Å². The van der Waals surface area contributed by atoms with E-state index in [1.165, 1.54) is 52.0 Å². The van der Waals surface area contributed by atoms with E-state index in [9.17, 15) is 27.2 Å². The molecule has 0 saturated carbocycles. The van der Waals surface area contributed by atoms with Gasteiger partial charge < -0.3 is 4.42 Å². The van der Waals surface area contributed by atoms with E-state index in [0.29, 0.717) is 27.9 Å². The summed E-state index contributed by atoms with van der Waals surface area (Å²) >= 11 is 0. The molecular formula is C63H62N4O. The predicted molar refractivity (Wildman–Crippen MR) is 281 cm³/mol. The zero-order chi connectivity index (χ0) is 63.5. The molecule has 0 bridgehead atoms. The molecule has 4 aromatic heterocycles. The second-order valence-electron chi connectivity index (χ2n) is 17.9. The number of pyridine rings is 3. The van der Waals surface area contributed by atoms with E-state index in [2.05, 4.69) is 15.0 Å². The van der Waals surface area contributed by atoms with Crippen LogP contribution in [-0.2, 0) is 44.6 Å². The standard InChI is InChI=1S/C63H62N4O/c1-41(2)55-34-58(47-15-10-8-11-16-47)65-39-50(55)26-22-44-29-43(30-45(31-44)23-27-51-40-66-59(35-56(51)42(3)4)48-17-12-9-13-18-48)21-25-49-38-67-60(33-52(49)36-63(5,6)7)54-20-14-19-53-57-32-46(37-64)24-28-61(57)68-62(53)54/h8-20,24,28-35,38-42H,21-23,25-27,36H2,1-7H3/i21D2,22D2,23D2,24D,25D2,26D2,27D2,32D,36D2,41D,42D. The highest BCUT2D eigenvalue weighted by Gasteiger charge is 2.20. The number of fused-ring (bicyclic) bond motifs is 3. The van der Waals surface area contributed by atoms with Crippen LogP contribution in [0.25, 0.3) is 55.7 Å². The summed E-state index contributed by atoms with van der Waals surface area (Å²) in [6.45, 7) is 10.6. The minimum absolute atomic E-state index is 0.0224. The lowest BCUT2D eigenvalue weighted by atomic mass is 9.85. The molecule has 0 saturated heterocycles. The first-order chi connectivity index (χ1) is 39.6. The Balaban J connectivity index is 1.28. The van der Waals surface area contributed by atoms with Crippen molar-refractivity contribution in [2.75, 3.05) is 0 Å². The van der Waals surface area contributed by atoms with E-state index in [4.69, 9.17) is 7.16 Å². The molecule has 0 N–H and O–H groups in total. The number of nitriles is 1. The third-order valence-electron chi connectivity index (χ3n) is 11.1. The van der Waals surface area contributed by atoms with Gasteiger partial charge in [-0.2, -0.15) is 5.26 Å². The van der Waals surface area contributed by atoms with E-state index >= 15 is 0 Å². The summed E-state index contributed by atoms with van der Waals surface area (Å²) in [6.07, 6.45) is -19.4. The molecule has 9 aromatic rings. The lowest BCUT2D eigenvalue weighted by molar-refractivity contribution is 0.409. The van der Waals surface area contributed by atoms with Gasteiger partial charge in [0.15, 0.2) is 0 Å². The van der Waals surface area contributed by atoms with E-state index < -0.39 is 84.1 Å². The van der Waals surface area contributed by atoms with Crippen molar-refractivity contribution in [3.63, 3.8) is 0 Å². The first-order valence-electron chi connectivity index (χ1n) is 31.3. The Morgan fingerprint density at radius 3 is 1.62 bits per heavy atom. The van der Waals surface area contributed by atoms with Crippen LogP contribution in [0.2, 0.25) is 0 Å². The summed E-state index contributed by atoms with van der Waals surface area (Å²) in [5.41, 5.74) is -3.14. The number of hydrogen-bond acceptors (Lipinski definition) is 5. The normalized spacial score (nSPS) is 17.5. The van der Waals surface area contributed by atoms with Crippen LogP contribution in [0.3, 0.4) is 0 Å². The molecule has 0 fully saturated rings. The Bertz CT molecular complexity index is 4010. The molecule has 9 rings (SSSR count). The average molecular weight is 909 g/mol. The molecule has 0 unspecified atom stereocenters. The maximum absolute atomic E-state index is 9.98. The third-order valence-corrected chi connectivity index (χ3v) is 11.1. The van der Waals surface area contributed by atoms with Crippen molar-refractivity contribution in [3.8, 4) is 39.8 Å². The van der Waals surface area contributed by atoms with Crippen LogP contribution in [0.1, 0.15) is 141 Å². The topological polar surface area (TPSA) is 75.6 Å². The smallest absolute Gasteiger partial charge is 0.144 e. The first-order valence-corrected chi connectivity index (χ1v) is 22.3. The highest BCUT2D eigenvalue weighted by Crippen LogP contribution is 2.37. The van der Waals surface area contributed by atoms with Crippen LogP contribution >= 0.6 is 0 Å². The second-order valence-corrected chi connectivity index (χ2v) is 17.9. The van der Waals surface area contributed by atoms with Gasteiger partial charge in [-0.15, -0.1) is 0 Å². The third kappa shape index (κ3) is 10.5. The highest BCUT2D eigenvalue weighted by atomic mass is 16.3. The highest BCUT2D eigenvalue weighted by molar-refractivity contribution is 6.09. The van der Waals surface area contributed by atoms with E-state index in [-0.39, 0.29) is 73.3 Å². The lowest BCUT2D eigenvalue weighted by Crippen LogP contribution is -2.12. The summed E-state index contributed by atoms with van der Waals surface area (Å²) < 4.78 is 179. The first kappa shape index (κ1) is 28.9. The van der Waals surface area contributed by atoms with Gasteiger partial charge in [-0.3, -0.25) is 15.0 Å². The fourth-order valence-corrected chi connectivity index (χ4v) is 7.87. The summed E-state index contributed by atoms with van der Waals surface area (Å²) in [7, 11) is 0. The van der Waals surface area contributed by atoms with Crippen LogP contribution in [0.4, 0.5) is 0 Å². The number of furan rings is 1. The molecule has 68 heavy (non-hydrogen) atoms. The molecule has 5 heteroatoms. The number of aromatic nitrogens is 3. The number of nitrogens with zero attached hydrogens (tertiary/aromatic N) is 4. The van der Waals surface area contributed by atoms with Gasteiger partial charge in [-0.1, -0.05) is 139 Å². The van der Waals surface area contributed by atoms with Gasteiger partial charge in [-0.25, -0.2) is 0 Å². The molecule has 4 heterocycles. The number of para-hydroxylation sites is 1. The van der Waals surface area contributed by atoms with Crippen molar-refractivity contribution in [1.82, 2.24) is 15.0 Å². The molecule has 340 valence electrons. The number of rotatable bonds is 15. The van der Waals surface area contributed by atoms with Crippen LogP contribution < -0.4 is 0 Å². The van der Waals surface area contributed by atoms with Gasteiger partial charge in [0.25, 0.3) is 0 Å². The maximum atomic E-state index is 9.98. The molecule has 0 aliphatic rings. The van der Waals surface area contributed by atoms with E-state index in [1.54, 1.807) is 99.6 Å². The predicted octanol–water partition coefficient (Wildman–Crippen LogP) is 15.8. The summed E-state index contributed by atoms with van der Waals surface area (Å²) in [5, 5.41) is 10.4. The van der Waals surface area contributed by atoms with Gasteiger partial charge in [0.1, 0.15) is 11.2 Å². The van der Waals surface area contributed by atoms with Gasteiger partial charge in [-0.05, 0) is 154 Å². The average Bonchev–Trinajstić information content (AvgIpc) is 0.771. The van der Waals surface area contributed by atoms with Crippen LogP contribution in [-0.4, -0.2) is 15.0 Å². The Kier molecular flexibility index (Phi) is 8.49. The minimum Gasteiger partial charge on any atom is -0.455 e. The lowest BCUT2D eigenvalue weighted by Gasteiger charge is -2.21. The quantitative estimate of drug-likeness (QED) is 0.102. The van der Waals surface area contributed by atoms with Crippen molar-refractivity contribution < 1.29 is 29.1 Å². The number of aryl methyl sites for hydroxylation is 6. The van der Waals surface area contributed by atoms with Gasteiger partial charge in [0.2, 0.25) is 0 Å². The Hall–Kier alpha value is -7.16. The maximum Gasteiger partial charge on any atom is 0.144 e. The summed E-state index contributed by atoms with van der Waals surface area (Å²) in [5.74, 6) is -3.19. The minimum atomic E-state index is -3.48. The summed E-state index contributed by atoms with van der Waals surface area (Å²) in [6, 6.07) is 32.0. The largest absolute Gasteiger partial charge is 0.455 e. The zero-order valence-electron chi connectivity index (χ0n) is 57.0. The van der Waals surface area contributed by atoms with Crippen molar-refractivity contribution in [2.24, 2.45) is 5.41 Å². The second kappa shape index (κ2) is 20.0. The van der Waals surface area contributed by atoms with Crippen molar-refractivity contribution in [2.45, 2.75) is 105 Å². The van der Waals surface area contributed by atoms with Crippen LogP contribution in [0.5, 0.6) is 0 Å².